The molecule has 160 valence electrons. The first-order chi connectivity index (χ1) is 14.2. The first-order valence-corrected chi connectivity index (χ1v) is 11.0. The van der Waals surface area contributed by atoms with Gasteiger partial charge in [0.25, 0.3) is 5.22 Å². The van der Waals surface area contributed by atoms with E-state index in [1.54, 1.807) is 12.3 Å². The molecule has 0 bridgehead atoms. The number of nitrogens with one attached hydrogen (secondary N) is 1. The highest BCUT2D eigenvalue weighted by Crippen LogP contribution is 2.29. The number of anilines is 1. The number of amides is 1. The van der Waals surface area contributed by atoms with Crippen LogP contribution in [-0.2, 0) is 10.2 Å². The first kappa shape index (κ1) is 22.1. The SMILES string of the molecule is CC[C@@H](C)n1nccc1NC(=O)[C@@H](C)Sc1nnc(-c2ccc(C(C)(C)C)cc2)o1. The highest BCUT2D eigenvalue weighted by Gasteiger charge is 2.21. The van der Waals surface area contributed by atoms with E-state index in [9.17, 15) is 4.79 Å². The third-order valence-corrected chi connectivity index (χ3v) is 5.92. The third kappa shape index (κ3) is 5.11. The number of hydrogen-bond acceptors (Lipinski definition) is 6. The number of hydrogen-bond donors (Lipinski definition) is 1. The van der Waals surface area contributed by atoms with E-state index in [0.29, 0.717) is 16.9 Å². The monoisotopic (exact) mass is 427 g/mol. The fourth-order valence-electron chi connectivity index (χ4n) is 2.86. The lowest BCUT2D eigenvalue weighted by Gasteiger charge is -2.18. The Labute approximate surface area is 181 Å². The van der Waals surface area contributed by atoms with Crippen LogP contribution >= 0.6 is 11.8 Å². The van der Waals surface area contributed by atoms with Gasteiger partial charge in [0.15, 0.2) is 0 Å². The summed E-state index contributed by atoms with van der Waals surface area (Å²) in [4.78, 5) is 12.6. The maximum absolute atomic E-state index is 12.6. The summed E-state index contributed by atoms with van der Waals surface area (Å²) in [5, 5.41) is 15.4. The molecule has 2 atom stereocenters. The van der Waals surface area contributed by atoms with E-state index in [1.807, 2.05) is 23.7 Å². The lowest BCUT2D eigenvalue weighted by atomic mass is 9.87. The molecule has 0 unspecified atom stereocenters. The van der Waals surface area contributed by atoms with E-state index in [0.717, 1.165) is 12.0 Å². The molecule has 30 heavy (non-hydrogen) atoms. The van der Waals surface area contributed by atoms with E-state index in [-0.39, 0.29) is 17.4 Å². The van der Waals surface area contributed by atoms with Crippen molar-refractivity contribution in [1.29, 1.82) is 0 Å². The smallest absolute Gasteiger partial charge is 0.277 e. The van der Waals surface area contributed by atoms with Crippen molar-refractivity contribution < 1.29 is 9.21 Å². The van der Waals surface area contributed by atoms with Crippen LogP contribution in [0.4, 0.5) is 5.82 Å². The van der Waals surface area contributed by atoms with Gasteiger partial charge < -0.3 is 9.73 Å². The highest BCUT2D eigenvalue weighted by atomic mass is 32.2. The number of aromatic nitrogens is 4. The molecule has 3 aromatic rings. The van der Waals surface area contributed by atoms with Gasteiger partial charge in [0.1, 0.15) is 5.82 Å². The molecule has 0 saturated carbocycles. The van der Waals surface area contributed by atoms with Crippen molar-refractivity contribution >= 4 is 23.5 Å². The van der Waals surface area contributed by atoms with Gasteiger partial charge in [0.05, 0.1) is 17.5 Å². The molecule has 0 aliphatic carbocycles. The summed E-state index contributed by atoms with van der Waals surface area (Å²) in [6, 6.07) is 10.1. The van der Waals surface area contributed by atoms with Crippen LogP contribution in [0.2, 0.25) is 0 Å². The van der Waals surface area contributed by atoms with Crippen molar-refractivity contribution in [2.24, 2.45) is 0 Å². The van der Waals surface area contributed by atoms with Gasteiger partial charge in [-0.1, -0.05) is 51.6 Å². The molecule has 0 aliphatic heterocycles. The van der Waals surface area contributed by atoms with Crippen LogP contribution in [-0.4, -0.2) is 31.1 Å². The summed E-state index contributed by atoms with van der Waals surface area (Å²) in [6.07, 6.45) is 2.62. The van der Waals surface area contributed by atoms with E-state index in [4.69, 9.17) is 4.42 Å². The Balaban J connectivity index is 1.64. The van der Waals surface area contributed by atoms with Crippen LogP contribution in [0, 0.1) is 0 Å². The van der Waals surface area contributed by atoms with Crippen molar-refractivity contribution in [3.63, 3.8) is 0 Å². The van der Waals surface area contributed by atoms with E-state index < -0.39 is 5.25 Å². The number of rotatable bonds is 7. The molecule has 1 amide bonds. The summed E-state index contributed by atoms with van der Waals surface area (Å²) >= 11 is 1.23. The van der Waals surface area contributed by atoms with Crippen molar-refractivity contribution in [2.75, 3.05) is 5.32 Å². The maximum Gasteiger partial charge on any atom is 0.277 e. The average molecular weight is 428 g/mol. The van der Waals surface area contributed by atoms with Gasteiger partial charge in [0, 0.05) is 11.6 Å². The minimum atomic E-state index is -0.401. The predicted molar refractivity (Wildman–Crippen MR) is 120 cm³/mol. The summed E-state index contributed by atoms with van der Waals surface area (Å²) < 4.78 is 7.59. The molecular formula is C22H29N5O2S. The summed E-state index contributed by atoms with van der Waals surface area (Å²) in [7, 11) is 0. The predicted octanol–water partition coefficient (Wildman–Crippen LogP) is 5.32. The minimum Gasteiger partial charge on any atom is -0.411 e. The molecule has 8 heteroatoms. The molecule has 0 spiro atoms. The van der Waals surface area contributed by atoms with Crippen LogP contribution in [0.1, 0.15) is 59.6 Å². The summed E-state index contributed by atoms with van der Waals surface area (Å²) in [6.45, 7) is 12.5. The summed E-state index contributed by atoms with van der Waals surface area (Å²) in [5.74, 6) is 0.992. The molecule has 0 saturated heterocycles. The van der Waals surface area contributed by atoms with Gasteiger partial charge in [-0.05, 0) is 43.4 Å². The van der Waals surface area contributed by atoms with Gasteiger partial charge in [-0.3, -0.25) is 4.79 Å². The second-order valence-electron chi connectivity index (χ2n) is 8.37. The molecule has 0 aliphatic rings. The van der Waals surface area contributed by atoms with Gasteiger partial charge in [-0.2, -0.15) is 5.10 Å². The Kier molecular flexibility index (Phi) is 6.65. The largest absolute Gasteiger partial charge is 0.411 e. The van der Waals surface area contributed by atoms with Crippen LogP contribution in [0.15, 0.2) is 46.2 Å². The molecule has 0 radical (unpaired) electrons. The zero-order chi connectivity index (χ0) is 21.9. The zero-order valence-electron chi connectivity index (χ0n) is 18.3. The standard InChI is InChI=1S/C22H29N5O2S/c1-7-14(2)27-18(12-13-23-27)24-19(28)15(3)30-21-26-25-20(29-21)16-8-10-17(11-9-16)22(4,5)6/h8-15H,7H2,1-6H3,(H,24,28)/t14-,15-/m1/s1. The van der Waals surface area contributed by atoms with E-state index >= 15 is 0 Å². The molecule has 2 aromatic heterocycles. The molecule has 2 heterocycles. The zero-order valence-corrected chi connectivity index (χ0v) is 19.2. The minimum absolute atomic E-state index is 0.0848. The van der Waals surface area contributed by atoms with E-state index in [2.05, 4.69) is 67.4 Å². The molecule has 0 fully saturated rings. The average Bonchev–Trinajstić information content (AvgIpc) is 3.36. The topological polar surface area (TPSA) is 85.8 Å². The number of benzene rings is 1. The van der Waals surface area contributed by atoms with Crippen molar-refractivity contribution in [1.82, 2.24) is 20.0 Å². The molecular weight excluding hydrogens is 398 g/mol. The van der Waals surface area contributed by atoms with Crippen molar-refractivity contribution in [3.8, 4) is 11.5 Å². The molecule has 1 N–H and O–H groups in total. The van der Waals surface area contributed by atoms with Gasteiger partial charge in [-0.25, -0.2) is 4.68 Å². The van der Waals surface area contributed by atoms with Crippen LogP contribution < -0.4 is 5.32 Å². The van der Waals surface area contributed by atoms with Gasteiger partial charge in [0.2, 0.25) is 11.8 Å². The Morgan fingerprint density at radius 3 is 2.50 bits per heavy atom. The summed E-state index contributed by atoms with van der Waals surface area (Å²) in [5.41, 5.74) is 2.18. The highest BCUT2D eigenvalue weighted by molar-refractivity contribution is 8.00. The van der Waals surface area contributed by atoms with Crippen molar-refractivity contribution in [2.45, 2.75) is 69.9 Å². The fraction of sp³-hybridized carbons (Fsp3) is 0.455. The van der Waals surface area contributed by atoms with E-state index in [1.165, 1.54) is 17.3 Å². The van der Waals surface area contributed by atoms with Crippen molar-refractivity contribution in [3.05, 3.63) is 42.1 Å². The Hall–Kier alpha value is -2.61. The van der Waals surface area contributed by atoms with Gasteiger partial charge >= 0.3 is 0 Å². The third-order valence-electron chi connectivity index (χ3n) is 4.98. The number of carbonyl (C=O) groups is 1. The lowest BCUT2D eigenvalue weighted by Crippen LogP contribution is -2.24. The quantitative estimate of drug-likeness (QED) is 0.514. The molecule has 3 rings (SSSR count). The Morgan fingerprint density at radius 2 is 1.87 bits per heavy atom. The Morgan fingerprint density at radius 1 is 1.17 bits per heavy atom. The second-order valence-corrected chi connectivity index (χ2v) is 9.66. The normalized spacial score (nSPS) is 13.8. The number of nitrogens with zero attached hydrogens (tertiary/aromatic N) is 4. The van der Waals surface area contributed by atoms with Crippen LogP contribution in [0.5, 0.6) is 0 Å². The molecule has 1 aromatic carbocycles. The number of carbonyl (C=O) groups excluding carboxylic acids is 1. The molecule has 7 nitrogen and oxygen atoms in total. The fourth-order valence-corrected chi connectivity index (χ4v) is 3.54. The number of thioether (sulfide) groups is 1. The first-order valence-electron chi connectivity index (χ1n) is 10.1. The maximum atomic E-state index is 12.6. The lowest BCUT2D eigenvalue weighted by molar-refractivity contribution is -0.115. The van der Waals surface area contributed by atoms with Crippen LogP contribution in [0.3, 0.4) is 0 Å². The van der Waals surface area contributed by atoms with Crippen LogP contribution in [0.25, 0.3) is 11.5 Å². The second kappa shape index (κ2) is 9.04. The Bertz CT molecular complexity index is 988. The van der Waals surface area contributed by atoms with Gasteiger partial charge in [-0.15, -0.1) is 10.2 Å².